The summed E-state index contributed by atoms with van der Waals surface area (Å²) in [5, 5.41) is 9.47. The fraction of sp³-hybridized carbons (Fsp3) is 0.167. The number of rotatable bonds is 1. The molecule has 2 nitrogen and oxygen atoms in total. The van der Waals surface area contributed by atoms with E-state index in [0.29, 0.717) is 10.9 Å². The fourth-order valence-electron chi connectivity index (χ4n) is 1.62. The maximum Gasteiger partial charge on any atom is 0.394 e. The molecule has 1 aromatic heterocycles. The highest BCUT2D eigenvalue weighted by molar-refractivity contribution is 5.84. The van der Waals surface area contributed by atoms with Crippen molar-refractivity contribution < 1.29 is 13.2 Å². The van der Waals surface area contributed by atoms with Crippen LogP contribution in [0.4, 0.5) is 13.2 Å². The van der Waals surface area contributed by atoms with E-state index in [4.69, 9.17) is 5.26 Å². The van der Waals surface area contributed by atoms with Crippen molar-refractivity contribution in [3.8, 4) is 6.07 Å². The number of para-hydroxylation sites is 1. The Balaban J connectivity index is 2.58. The van der Waals surface area contributed by atoms with Gasteiger partial charge in [-0.15, -0.1) is 0 Å². The third kappa shape index (κ3) is 2.53. The first kappa shape index (κ1) is 11.4. The standard InChI is InChI=1S/C12H7F3N2/c13-12(14,15)6-9-5-8(7-16)10-3-1-2-4-11(10)17-9/h1-5H,6H2. The molecule has 0 amide bonds. The fourth-order valence-corrected chi connectivity index (χ4v) is 1.62. The molecule has 86 valence electrons. The number of nitriles is 1. The Bertz CT molecular complexity index is 597. The Labute approximate surface area is 95.3 Å². The number of halogens is 3. The zero-order valence-electron chi connectivity index (χ0n) is 8.62. The number of hydrogen-bond donors (Lipinski definition) is 0. The predicted molar refractivity (Wildman–Crippen MR) is 56.2 cm³/mol. The first-order valence-electron chi connectivity index (χ1n) is 4.85. The summed E-state index contributed by atoms with van der Waals surface area (Å²) < 4.78 is 36.8. The Morgan fingerprint density at radius 3 is 2.59 bits per heavy atom. The van der Waals surface area contributed by atoms with Gasteiger partial charge in [-0.3, -0.25) is 4.98 Å². The van der Waals surface area contributed by atoms with Crippen molar-refractivity contribution in [1.82, 2.24) is 4.98 Å². The van der Waals surface area contributed by atoms with Crippen LogP contribution in [0.1, 0.15) is 11.3 Å². The molecule has 2 aromatic rings. The molecule has 0 spiro atoms. The average molecular weight is 236 g/mol. The summed E-state index contributed by atoms with van der Waals surface area (Å²) in [6, 6.07) is 9.73. The van der Waals surface area contributed by atoms with E-state index in [1.807, 2.05) is 6.07 Å². The molecule has 17 heavy (non-hydrogen) atoms. The van der Waals surface area contributed by atoms with Gasteiger partial charge in [0.25, 0.3) is 0 Å². The highest BCUT2D eigenvalue weighted by Crippen LogP contribution is 2.23. The Morgan fingerprint density at radius 1 is 1.24 bits per heavy atom. The smallest absolute Gasteiger partial charge is 0.252 e. The van der Waals surface area contributed by atoms with Gasteiger partial charge in [0.15, 0.2) is 0 Å². The molecule has 0 bridgehead atoms. The first-order chi connectivity index (χ1) is 7.99. The van der Waals surface area contributed by atoms with Gasteiger partial charge in [-0.05, 0) is 12.1 Å². The molecule has 0 aliphatic rings. The lowest BCUT2D eigenvalue weighted by molar-refractivity contribution is -0.127. The van der Waals surface area contributed by atoms with Crippen molar-refractivity contribution in [2.75, 3.05) is 0 Å². The molecule has 0 saturated heterocycles. The SMILES string of the molecule is N#Cc1cc(CC(F)(F)F)nc2ccccc12. The van der Waals surface area contributed by atoms with E-state index < -0.39 is 12.6 Å². The third-order valence-electron chi connectivity index (χ3n) is 2.27. The Hall–Kier alpha value is -2.09. The quantitative estimate of drug-likeness (QED) is 0.762. The van der Waals surface area contributed by atoms with Crippen LogP contribution in [0.5, 0.6) is 0 Å². The van der Waals surface area contributed by atoms with E-state index in [2.05, 4.69) is 4.98 Å². The van der Waals surface area contributed by atoms with E-state index in [9.17, 15) is 13.2 Å². The van der Waals surface area contributed by atoms with Crippen LogP contribution >= 0.6 is 0 Å². The van der Waals surface area contributed by atoms with Gasteiger partial charge in [-0.1, -0.05) is 18.2 Å². The summed E-state index contributed by atoms with van der Waals surface area (Å²) in [5.41, 5.74) is 0.494. The summed E-state index contributed by atoms with van der Waals surface area (Å²) in [6.45, 7) is 0. The van der Waals surface area contributed by atoms with E-state index >= 15 is 0 Å². The summed E-state index contributed by atoms with van der Waals surface area (Å²) in [5.74, 6) is 0. The zero-order chi connectivity index (χ0) is 12.5. The minimum atomic E-state index is -4.32. The third-order valence-corrected chi connectivity index (χ3v) is 2.27. The second-order valence-electron chi connectivity index (χ2n) is 3.58. The molecule has 1 aromatic carbocycles. The molecule has 2 rings (SSSR count). The Kier molecular flexibility index (Phi) is 2.72. The number of fused-ring (bicyclic) bond motifs is 1. The number of aromatic nitrogens is 1. The van der Waals surface area contributed by atoms with E-state index in [-0.39, 0.29) is 11.3 Å². The highest BCUT2D eigenvalue weighted by atomic mass is 19.4. The first-order valence-corrected chi connectivity index (χ1v) is 4.85. The van der Waals surface area contributed by atoms with Crippen LogP contribution in [0, 0.1) is 11.3 Å². The Morgan fingerprint density at radius 2 is 1.94 bits per heavy atom. The van der Waals surface area contributed by atoms with Crippen LogP contribution < -0.4 is 0 Å². The number of nitrogens with zero attached hydrogens (tertiary/aromatic N) is 2. The number of hydrogen-bond acceptors (Lipinski definition) is 2. The molecule has 5 heteroatoms. The van der Waals surface area contributed by atoms with Crippen LogP contribution in [0.3, 0.4) is 0 Å². The summed E-state index contributed by atoms with van der Waals surface area (Å²) >= 11 is 0. The maximum atomic E-state index is 12.3. The van der Waals surface area contributed by atoms with Gasteiger partial charge in [0.1, 0.15) is 0 Å². The lowest BCUT2D eigenvalue weighted by atomic mass is 10.1. The van der Waals surface area contributed by atoms with Crippen LogP contribution in [0.2, 0.25) is 0 Å². The van der Waals surface area contributed by atoms with E-state index in [0.717, 1.165) is 0 Å². The molecule has 0 aliphatic carbocycles. The molecule has 0 saturated carbocycles. The van der Waals surface area contributed by atoms with Gasteiger partial charge >= 0.3 is 6.18 Å². The summed E-state index contributed by atoms with van der Waals surface area (Å²) in [7, 11) is 0. The molecule has 0 N–H and O–H groups in total. The number of benzene rings is 1. The monoisotopic (exact) mass is 236 g/mol. The predicted octanol–water partition coefficient (Wildman–Crippen LogP) is 3.21. The molecular formula is C12H7F3N2. The van der Waals surface area contributed by atoms with Gasteiger partial charge in [0.2, 0.25) is 0 Å². The molecule has 0 atom stereocenters. The second kappa shape index (κ2) is 4.06. The molecule has 1 heterocycles. The largest absolute Gasteiger partial charge is 0.394 e. The molecule has 0 aliphatic heterocycles. The summed E-state index contributed by atoms with van der Waals surface area (Å²) in [4.78, 5) is 3.90. The van der Waals surface area contributed by atoms with E-state index in [1.165, 1.54) is 6.07 Å². The lowest BCUT2D eigenvalue weighted by Crippen LogP contribution is -2.13. The van der Waals surface area contributed by atoms with Gasteiger partial charge in [-0.25, -0.2) is 0 Å². The van der Waals surface area contributed by atoms with Crippen molar-refractivity contribution in [1.29, 1.82) is 5.26 Å². The van der Waals surface area contributed by atoms with Crippen molar-refractivity contribution >= 4 is 10.9 Å². The van der Waals surface area contributed by atoms with Crippen LogP contribution in [0.25, 0.3) is 10.9 Å². The zero-order valence-corrected chi connectivity index (χ0v) is 8.62. The average Bonchev–Trinajstić information content (AvgIpc) is 2.25. The van der Waals surface area contributed by atoms with Gasteiger partial charge in [0.05, 0.1) is 29.3 Å². The number of alkyl halides is 3. The van der Waals surface area contributed by atoms with Crippen LogP contribution in [-0.4, -0.2) is 11.2 Å². The summed E-state index contributed by atoms with van der Waals surface area (Å²) in [6.07, 6.45) is -5.44. The normalized spacial score (nSPS) is 11.4. The van der Waals surface area contributed by atoms with Crippen molar-refractivity contribution in [3.05, 3.63) is 41.6 Å². The molecular weight excluding hydrogens is 229 g/mol. The second-order valence-corrected chi connectivity index (χ2v) is 3.58. The highest BCUT2D eigenvalue weighted by Gasteiger charge is 2.28. The van der Waals surface area contributed by atoms with Crippen molar-refractivity contribution in [2.24, 2.45) is 0 Å². The van der Waals surface area contributed by atoms with Crippen LogP contribution in [0.15, 0.2) is 30.3 Å². The molecule has 0 fully saturated rings. The van der Waals surface area contributed by atoms with Crippen molar-refractivity contribution in [2.45, 2.75) is 12.6 Å². The maximum absolute atomic E-state index is 12.3. The minimum Gasteiger partial charge on any atom is -0.252 e. The topological polar surface area (TPSA) is 36.7 Å². The van der Waals surface area contributed by atoms with E-state index in [1.54, 1.807) is 24.3 Å². The van der Waals surface area contributed by atoms with Crippen LogP contribution in [-0.2, 0) is 6.42 Å². The van der Waals surface area contributed by atoms with Gasteiger partial charge in [-0.2, -0.15) is 18.4 Å². The van der Waals surface area contributed by atoms with Gasteiger partial charge in [0, 0.05) is 5.39 Å². The number of pyridine rings is 1. The van der Waals surface area contributed by atoms with Crippen molar-refractivity contribution in [3.63, 3.8) is 0 Å². The van der Waals surface area contributed by atoms with Gasteiger partial charge < -0.3 is 0 Å². The molecule has 0 unspecified atom stereocenters. The minimum absolute atomic E-state index is 0.132. The molecule has 0 radical (unpaired) electrons. The lowest BCUT2D eigenvalue weighted by Gasteiger charge is -2.07.